The van der Waals surface area contributed by atoms with Gasteiger partial charge in [-0.15, -0.1) is 12.3 Å². The van der Waals surface area contributed by atoms with Crippen molar-refractivity contribution in [3.63, 3.8) is 0 Å². The van der Waals surface area contributed by atoms with Gasteiger partial charge in [0.15, 0.2) is 12.7 Å². The van der Waals surface area contributed by atoms with E-state index >= 15 is 0 Å². The monoisotopic (exact) mass is 212 g/mol. The molecule has 0 saturated carbocycles. The van der Waals surface area contributed by atoms with Crippen LogP contribution in [0.1, 0.15) is 38.3 Å². The van der Waals surface area contributed by atoms with E-state index in [9.17, 15) is 0 Å². The van der Waals surface area contributed by atoms with Crippen molar-refractivity contribution in [2.75, 3.05) is 0 Å². The van der Waals surface area contributed by atoms with Gasteiger partial charge in [0.2, 0.25) is 0 Å². The van der Waals surface area contributed by atoms with Gasteiger partial charge in [-0.25, -0.2) is 0 Å². The molecule has 0 aliphatic rings. The molecule has 0 amide bonds. The Kier molecular flexibility index (Phi) is 5.82. The second-order valence-corrected chi connectivity index (χ2v) is 3.64. The molecule has 0 aliphatic carbocycles. The Morgan fingerprint density at radius 1 is 1.31 bits per heavy atom. The van der Waals surface area contributed by atoms with E-state index < -0.39 is 0 Å². The van der Waals surface area contributed by atoms with Gasteiger partial charge in [-0.2, -0.15) is 4.57 Å². The second-order valence-electron chi connectivity index (χ2n) is 3.64. The molecule has 1 heterocycles. The molecule has 0 aromatic carbocycles. The van der Waals surface area contributed by atoms with E-state index in [1.807, 2.05) is 24.4 Å². The van der Waals surface area contributed by atoms with Gasteiger partial charge < -0.3 is 0 Å². The molecule has 82 valence electrons. The molecule has 0 fully saturated rings. The summed E-state index contributed by atoms with van der Waals surface area (Å²) in [6.45, 7) is 3.02. The molecule has 1 rings (SSSR count). The fourth-order valence-corrected chi connectivity index (χ4v) is 1.39. The van der Waals surface area contributed by atoms with Gasteiger partial charge in [0.25, 0.3) is 5.69 Å². The van der Waals surface area contributed by atoms with E-state index in [0.29, 0.717) is 0 Å². The summed E-state index contributed by atoms with van der Waals surface area (Å²) >= 11 is 0. The molecule has 0 N–H and O–H groups in total. The highest BCUT2D eigenvalue weighted by Crippen LogP contribution is 1.93. The van der Waals surface area contributed by atoms with Crippen molar-refractivity contribution in [1.82, 2.24) is 0 Å². The number of aromatic nitrogens is 1. The first kappa shape index (κ1) is 12.3. The van der Waals surface area contributed by atoms with Crippen LogP contribution < -0.4 is 4.57 Å². The van der Waals surface area contributed by atoms with Gasteiger partial charge in [0, 0.05) is 24.5 Å². The van der Waals surface area contributed by atoms with Gasteiger partial charge in [0.05, 0.1) is 6.42 Å². The first-order valence-electron chi connectivity index (χ1n) is 5.79. The standard InChI is InChI=1S/C15H18N/c1-3-5-7-8-11-15-12-9-10-14-16(15)13-6-4-2/h2,9-10,12,14H,3,5-7,13H2,1H3/q+1. The highest BCUT2D eigenvalue weighted by Gasteiger charge is 2.04. The molecule has 0 atom stereocenters. The van der Waals surface area contributed by atoms with Crippen molar-refractivity contribution < 1.29 is 4.57 Å². The van der Waals surface area contributed by atoms with E-state index in [0.717, 1.165) is 25.1 Å². The number of unbranched alkanes of at least 4 members (excludes halogenated alkanes) is 2. The summed E-state index contributed by atoms with van der Waals surface area (Å²) in [5.41, 5.74) is 1.05. The van der Waals surface area contributed by atoms with Crippen LogP contribution in [0.3, 0.4) is 0 Å². The Morgan fingerprint density at radius 3 is 2.94 bits per heavy atom. The van der Waals surface area contributed by atoms with Gasteiger partial charge in [0.1, 0.15) is 0 Å². The summed E-state index contributed by atoms with van der Waals surface area (Å²) in [6, 6.07) is 6.05. The normalized spacial score (nSPS) is 9.00. The van der Waals surface area contributed by atoms with Crippen LogP contribution in [0.5, 0.6) is 0 Å². The van der Waals surface area contributed by atoms with Crippen molar-refractivity contribution in [2.24, 2.45) is 0 Å². The first-order chi connectivity index (χ1) is 7.88. The molecule has 0 unspecified atom stereocenters. The minimum atomic E-state index is 0.748. The fraction of sp³-hybridized carbons (Fsp3) is 0.400. The van der Waals surface area contributed by atoms with Gasteiger partial charge >= 0.3 is 0 Å². The maximum atomic E-state index is 5.27. The maximum Gasteiger partial charge on any atom is 0.256 e. The molecule has 1 heteroatoms. The number of rotatable bonds is 4. The van der Waals surface area contributed by atoms with E-state index in [-0.39, 0.29) is 0 Å². The minimum absolute atomic E-state index is 0.748. The molecule has 0 radical (unpaired) electrons. The van der Waals surface area contributed by atoms with Crippen molar-refractivity contribution in [3.05, 3.63) is 30.1 Å². The third-order valence-corrected chi connectivity index (χ3v) is 2.31. The summed E-state index contributed by atoms with van der Waals surface area (Å²) in [6.07, 6.45) is 11.4. The summed E-state index contributed by atoms with van der Waals surface area (Å²) in [5, 5.41) is 0. The lowest BCUT2D eigenvalue weighted by Crippen LogP contribution is -2.36. The molecule has 1 aromatic rings. The Morgan fingerprint density at radius 2 is 2.19 bits per heavy atom. The van der Waals surface area contributed by atoms with Gasteiger partial charge in [-0.1, -0.05) is 19.3 Å². The number of hydrogen-bond donors (Lipinski definition) is 0. The van der Waals surface area contributed by atoms with Crippen molar-refractivity contribution in [1.29, 1.82) is 0 Å². The van der Waals surface area contributed by atoms with Crippen LogP contribution in [-0.4, -0.2) is 0 Å². The van der Waals surface area contributed by atoms with Crippen LogP contribution in [0.25, 0.3) is 0 Å². The average Bonchev–Trinajstić information content (AvgIpc) is 2.33. The first-order valence-corrected chi connectivity index (χ1v) is 5.79. The van der Waals surface area contributed by atoms with Crippen molar-refractivity contribution in [2.45, 2.75) is 39.2 Å². The number of nitrogens with zero attached hydrogens (tertiary/aromatic N) is 1. The third kappa shape index (κ3) is 4.20. The van der Waals surface area contributed by atoms with E-state index in [1.165, 1.54) is 12.8 Å². The van der Waals surface area contributed by atoms with Crippen LogP contribution in [0.4, 0.5) is 0 Å². The van der Waals surface area contributed by atoms with E-state index in [1.54, 1.807) is 0 Å². The predicted octanol–water partition coefficient (Wildman–Crippen LogP) is 2.54. The zero-order valence-electron chi connectivity index (χ0n) is 9.87. The smallest absolute Gasteiger partial charge is 0.190 e. The van der Waals surface area contributed by atoms with E-state index in [2.05, 4.69) is 29.3 Å². The molecule has 0 bridgehead atoms. The zero-order chi connectivity index (χ0) is 11.6. The van der Waals surface area contributed by atoms with Crippen LogP contribution in [0, 0.1) is 24.2 Å². The summed E-state index contributed by atoms with van der Waals surface area (Å²) in [4.78, 5) is 0. The molecular weight excluding hydrogens is 194 g/mol. The van der Waals surface area contributed by atoms with Crippen LogP contribution in [0.15, 0.2) is 24.4 Å². The topological polar surface area (TPSA) is 3.88 Å². The third-order valence-electron chi connectivity index (χ3n) is 2.31. The Balaban J connectivity index is 2.69. The van der Waals surface area contributed by atoms with Gasteiger partial charge in [-0.3, -0.25) is 0 Å². The lowest BCUT2D eigenvalue weighted by Gasteiger charge is -1.95. The Labute approximate surface area is 98.5 Å². The molecule has 0 saturated heterocycles. The average molecular weight is 212 g/mol. The molecule has 0 spiro atoms. The number of pyridine rings is 1. The SMILES string of the molecule is C#CCC[n+]1ccccc1C#CCCCC. The molecule has 16 heavy (non-hydrogen) atoms. The Bertz CT molecular complexity index is 415. The highest BCUT2D eigenvalue weighted by atomic mass is 14.9. The maximum absolute atomic E-state index is 5.27. The quantitative estimate of drug-likeness (QED) is 0.410. The van der Waals surface area contributed by atoms with Crippen LogP contribution >= 0.6 is 0 Å². The van der Waals surface area contributed by atoms with Crippen LogP contribution in [0.2, 0.25) is 0 Å². The minimum Gasteiger partial charge on any atom is -0.190 e. The largest absolute Gasteiger partial charge is 0.256 e. The lowest BCUT2D eigenvalue weighted by molar-refractivity contribution is -0.698. The summed E-state index contributed by atoms with van der Waals surface area (Å²) in [7, 11) is 0. The summed E-state index contributed by atoms with van der Waals surface area (Å²) < 4.78 is 2.11. The number of terminal acetylenes is 1. The Hall–Kier alpha value is -1.73. The summed E-state index contributed by atoms with van der Waals surface area (Å²) in [5.74, 6) is 9.05. The molecule has 1 nitrogen and oxygen atoms in total. The van der Waals surface area contributed by atoms with Crippen LogP contribution in [-0.2, 0) is 6.54 Å². The van der Waals surface area contributed by atoms with E-state index in [4.69, 9.17) is 6.42 Å². The number of aryl methyl sites for hydroxylation is 1. The van der Waals surface area contributed by atoms with Crippen molar-refractivity contribution >= 4 is 0 Å². The lowest BCUT2D eigenvalue weighted by atomic mass is 10.2. The molecule has 1 aromatic heterocycles. The highest BCUT2D eigenvalue weighted by molar-refractivity contribution is 5.22. The molecule has 0 aliphatic heterocycles. The second kappa shape index (κ2) is 7.55. The zero-order valence-corrected chi connectivity index (χ0v) is 9.87. The number of hydrogen-bond acceptors (Lipinski definition) is 0. The fourth-order valence-electron chi connectivity index (χ4n) is 1.39. The van der Waals surface area contributed by atoms with Crippen molar-refractivity contribution in [3.8, 4) is 24.2 Å². The van der Waals surface area contributed by atoms with Gasteiger partial charge in [-0.05, 0) is 12.5 Å². The predicted molar refractivity (Wildman–Crippen MR) is 66.5 cm³/mol. The molecular formula is C15H18N+.